The number of hydrogen-bond donors (Lipinski definition) is 2. The third kappa shape index (κ3) is 6.03. The maximum Gasteiger partial charge on any atom is 0.336 e. The van der Waals surface area contributed by atoms with E-state index in [0.717, 1.165) is 0 Å². The number of carboxylic acids is 2. The summed E-state index contributed by atoms with van der Waals surface area (Å²) in [7, 11) is 1.58. The molecule has 0 fully saturated rings. The van der Waals surface area contributed by atoms with E-state index in [0.29, 0.717) is 0 Å². The van der Waals surface area contributed by atoms with Gasteiger partial charge in [0.15, 0.2) is 0 Å². The molecular formula is C12H16O4P. The maximum atomic E-state index is 10.5. The molecule has 4 nitrogen and oxygen atoms in total. The van der Waals surface area contributed by atoms with Crippen LogP contribution in [-0.4, -0.2) is 34.5 Å². The van der Waals surface area contributed by atoms with Crippen LogP contribution in [0.5, 0.6) is 0 Å². The third-order valence-electron chi connectivity index (χ3n) is 1.84. The molecule has 0 saturated heterocycles. The van der Waals surface area contributed by atoms with Crippen molar-refractivity contribution < 1.29 is 19.8 Å². The predicted molar refractivity (Wildman–Crippen MR) is 68.4 cm³/mol. The topological polar surface area (TPSA) is 74.6 Å². The van der Waals surface area contributed by atoms with Crippen molar-refractivity contribution in [2.75, 3.05) is 12.3 Å². The average Bonchev–Trinajstić information content (AvgIpc) is 2.30. The lowest BCUT2D eigenvalue weighted by Gasteiger charge is -1.98. The van der Waals surface area contributed by atoms with Crippen molar-refractivity contribution in [2.45, 2.75) is 13.8 Å². The molecular weight excluding hydrogens is 239 g/mol. The van der Waals surface area contributed by atoms with E-state index in [9.17, 15) is 9.59 Å². The van der Waals surface area contributed by atoms with Crippen LogP contribution in [0.3, 0.4) is 0 Å². The van der Waals surface area contributed by atoms with Crippen LogP contribution in [0.2, 0.25) is 0 Å². The maximum absolute atomic E-state index is 10.5. The van der Waals surface area contributed by atoms with Crippen LogP contribution in [0.4, 0.5) is 0 Å². The highest BCUT2D eigenvalue weighted by Gasteiger charge is 2.13. The molecule has 1 radical (unpaired) electrons. The summed E-state index contributed by atoms with van der Waals surface area (Å²) in [6, 6.07) is 5.48. The van der Waals surface area contributed by atoms with E-state index in [1.54, 1.807) is 8.58 Å². The second-order valence-corrected chi connectivity index (χ2v) is 4.72. The van der Waals surface area contributed by atoms with Crippen molar-refractivity contribution in [1.82, 2.24) is 0 Å². The minimum atomic E-state index is -1.23. The molecule has 0 atom stereocenters. The van der Waals surface area contributed by atoms with Crippen LogP contribution in [0.1, 0.15) is 34.6 Å². The van der Waals surface area contributed by atoms with Gasteiger partial charge in [-0.05, 0) is 24.5 Å². The fourth-order valence-electron chi connectivity index (χ4n) is 1.08. The summed E-state index contributed by atoms with van der Waals surface area (Å²) in [6.45, 7) is 4.40. The first kappa shape index (κ1) is 15.6. The number of hydrogen-bond acceptors (Lipinski definition) is 2. The summed E-state index contributed by atoms with van der Waals surface area (Å²) in [6.07, 6.45) is 2.63. The summed E-state index contributed by atoms with van der Waals surface area (Å²) < 4.78 is 0. The molecule has 0 saturated carbocycles. The fraction of sp³-hybridized carbons (Fsp3) is 0.333. The first-order valence-corrected chi connectivity index (χ1v) is 6.49. The van der Waals surface area contributed by atoms with Crippen molar-refractivity contribution in [2.24, 2.45) is 0 Å². The SMILES string of the molecule is CC[P]CC.O=C(O)c1ccccc1C(=O)O. The fourth-order valence-corrected chi connectivity index (χ4v) is 1.53. The quantitative estimate of drug-likeness (QED) is 0.811. The Morgan fingerprint density at radius 2 is 1.35 bits per heavy atom. The largest absolute Gasteiger partial charge is 0.478 e. The van der Waals surface area contributed by atoms with Gasteiger partial charge in [0.05, 0.1) is 11.1 Å². The first-order valence-electron chi connectivity index (χ1n) is 5.23. The van der Waals surface area contributed by atoms with Gasteiger partial charge >= 0.3 is 11.9 Å². The monoisotopic (exact) mass is 255 g/mol. The summed E-state index contributed by atoms with van der Waals surface area (Å²) >= 11 is 0. The molecule has 1 rings (SSSR count). The van der Waals surface area contributed by atoms with Gasteiger partial charge in [0.25, 0.3) is 0 Å². The molecule has 17 heavy (non-hydrogen) atoms. The van der Waals surface area contributed by atoms with E-state index >= 15 is 0 Å². The zero-order chi connectivity index (χ0) is 13.3. The van der Waals surface area contributed by atoms with Gasteiger partial charge in [0.2, 0.25) is 0 Å². The van der Waals surface area contributed by atoms with Gasteiger partial charge in [0.1, 0.15) is 0 Å². The molecule has 93 valence electrons. The van der Waals surface area contributed by atoms with Crippen molar-refractivity contribution in [1.29, 1.82) is 0 Å². The smallest absolute Gasteiger partial charge is 0.336 e. The number of carboxylic acid groups (broad SMARTS) is 2. The molecule has 0 aliphatic rings. The lowest BCUT2D eigenvalue weighted by Crippen LogP contribution is -2.06. The molecule has 0 bridgehead atoms. The second-order valence-electron chi connectivity index (χ2n) is 3.01. The van der Waals surface area contributed by atoms with Crippen LogP contribution in [0.15, 0.2) is 24.3 Å². The highest BCUT2D eigenvalue weighted by atomic mass is 31.1. The van der Waals surface area contributed by atoms with Crippen molar-refractivity contribution in [3.05, 3.63) is 35.4 Å². The van der Waals surface area contributed by atoms with Crippen molar-refractivity contribution >= 4 is 20.5 Å². The zero-order valence-corrected chi connectivity index (χ0v) is 10.8. The standard InChI is InChI=1S/C8H6O4.C4H10P/c9-7(10)5-3-1-2-4-6(5)8(11)12;1-3-5-4-2/h1-4H,(H,9,10)(H,11,12);3-4H2,1-2H3. The van der Waals surface area contributed by atoms with Gasteiger partial charge in [-0.2, -0.15) is 0 Å². The molecule has 0 aliphatic carbocycles. The van der Waals surface area contributed by atoms with Crippen molar-refractivity contribution in [3.63, 3.8) is 0 Å². The molecule has 2 N–H and O–H groups in total. The van der Waals surface area contributed by atoms with E-state index in [1.165, 1.54) is 36.6 Å². The van der Waals surface area contributed by atoms with Crippen LogP contribution >= 0.6 is 8.58 Å². The highest BCUT2D eigenvalue weighted by molar-refractivity contribution is 7.37. The number of benzene rings is 1. The minimum absolute atomic E-state index is 0.190. The van der Waals surface area contributed by atoms with E-state index in [2.05, 4.69) is 13.8 Å². The highest BCUT2D eigenvalue weighted by Crippen LogP contribution is 2.07. The van der Waals surface area contributed by atoms with E-state index in [-0.39, 0.29) is 11.1 Å². The molecule has 0 spiro atoms. The molecule has 1 aromatic carbocycles. The Morgan fingerprint density at radius 1 is 1.00 bits per heavy atom. The second kappa shape index (κ2) is 8.71. The van der Waals surface area contributed by atoms with Crippen molar-refractivity contribution in [3.8, 4) is 0 Å². The first-order chi connectivity index (χ1) is 8.04. The molecule has 0 amide bonds. The molecule has 0 unspecified atom stereocenters. The molecule has 0 heterocycles. The van der Waals surface area contributed by atoms with Crippen LogP contribution in [0, 0.1) is 0 Å². The number of aromatic carboxylic acids is 2. The zero-order valence-electron chi connectivity index (χ0n) is 9.88. The normalized spacial score (nSPS) is 9.06. The van der Waals surface area contributed by atoms with Gasteiger partial charge < -0.3 is 10.2 Å². The Bertz CT molecular complexity index is 342. The lowest BCUT2D eigenvalue weighted by molar-refractivity contribution is 0.0651. The van der Waals surface area contributed by atoms with Crippen LogP contribution < -0.4 is 0 Å². The van der Waals surface area contributed by atoms with Gasteiger partial charge in [-0.15, -0.1) is 0 Å². The predicted octanol–water partition coefficient (Wildman–Crippen LogP) is 3.06. The Labute approximate surface area is 102 Å². The summed E-state index contributed by atoms with van der Waals surface area (Å²) in [4.78, 5) is 20.9. The van der Waals surface area contributed by atoms with Gasteiger partial charge in [-0.1, -0.05) is 34.6 Å². The van der Waals surface area contributed by atoms with E-state index in [4.69, 9.17) is 10.2 Å². The van der Waals surface area contributed by atoms with Gasteiger partial charge in [-0.3, -0.25) is 0 Å². The Balaban J connectivity index is 0.000000437. The molecule has 5 heteroatoms. The third-order valence-corrected chi connectivity index (χ3v) is 2.73. The van der Waals surface area contributed by atoms with Crippen LogP contribution in [0.25, 0.3) is 0 Å². The van der Waals surface area contributed by atoms with Gasteiger partial charge in [0, 0.05) is 0 Å². The summed E-state index contributed by atoms with van der Waals surface area (Å²) in [5.41, 5.74) is -0.380. The minimum Gasteiger partial charge on any atom is -0.478 e. The molecule has 0 aromatic heterocycles. The molecule has 0 aliphatic heterocycles. The summed E-state index contributed by atoms with van der Waals surface area (Å²) in [5, 5.41) is 17.1. The van der Waals surface area contributed by atoms with Gasteiger partial charge in [-0.25, -0.2) is 9.59 Å². The Hall–Kier alpha value is -1.41. The van der Waals surface area contributed by atoms with Crippen LogP contribution in [-0.2, 0) is 0 Å². The Morgan fingerprint density at radius 3 is 1.53 bits per heavy atom. The van der Waals surface area contributed by atoms with E-state index < -0.39 is 11.9 Å². The Kier molecular flexibility index (Phi) is 7.99. The number of carbonyl (C=O) groups is 2. The van der Waals surface area contributed by atoms with E-state index in [1.807, 2.05) is 0 Å². The average molecular weight is 255 g/mol. The molecule has 1 aromatic rings. The lowest BCUT2D eigenvalue weighted by atomic mass is 10.1. The summed E-state index contributed by atoms with van der Waals surface area (Å²) in [5.74, 6) is -2.46. The number of rotatable bonds is 4.